The maximum Gasteiger partial charge on any atom is 0.222 e. The minimum Gasteiger partial charge on any atom is -0.504 e. The molecule has 0 atom stereocenters. The van der Waals surface area contributed by atoms with Crippen molar-refractivity contribution in [2.24, 2.45) is 0 Å². The lowest BCUT2D eigenvalue weighted by atomic mass is 10.1. The van der Waals surface area contributed by atoms with E-state index < -0.39 is 22.9 Å². The van der Waals surface area contributed by atoms with Crippen LogP contribution < -0.4 is 10.5 Å². The molecule has 7 heteroatoms. The Hall–Kier alpha value is -2.31. The summed E-state index contributed by atoms with van der Waals surface area (Å²) < 4.78 is 36.0. The second-order valence-electron chi connectivity index (χ2n) is 3.21. The number of hydrogen-bond acceptors (Lipinski definition) is 5. The van der Waals surface area contributed by atoms with E-state index in [2.05, 4.69) is 9.68 Å². The first-order chi connectivity index (χ1) is 8.04. The molecule has 0 bridgehead atoms. The molecule has 1 aromatic heterocycles. The highest BCUT2D eigenvalue weighted by Gasteiger charge is 2.22. The third-order valence-corrected chi connectivity index (χ3v) is 2.16. The molecule has 90 valence electrons. The molecule has 17 heavy (non-hydrogen) atoms. The van der Waals surface area contributed by atoms with Crippen molar-refractivity contribution in [3.63, 3.8) is 0 Å². The highest BCUT2D eigenvalue weighted by Crippen LogP contribution is 2.40. The van der Waals surface area contributed by atoms with Gasteiger partial charge in [-0.25, -0.2) is 8.78 Å². The zero-order valence-electron chi connectivity index (χ0n) is 8.70. The molecule has 5 nitrogen and oxygen atoms in total. The zero-order valence-corrected chi connectivity index (χ0v) is 8.70. The summed E-state index contributed by atoms with van der Waals surface area (Å²) in [6, 6.07) is 1.90. The summed E-state index contributed by atoms with van der Waals surface area (Å²) in [7, 11) is 1.22. The van der Waals surface area contributed by atoms with Crippen molar-refractivity contribution < 1.29 is 23.1 Å². The molecule has 0 unspecified atom stereocenters. The van der Waals surface area contributed by atoms with Crippen molar-refractivity contribution in [1.29, 1.82) is 0 Å². The van der Waals surface area contributed by atoms with Crippen LogP contribution in [0.4, 0.5) is 14.7 Å². The quantitative estimate of drug-likeness (QED) is 0.840. The van der Waals surface area contributed by atoms with E-state index in [0.717, 1.165) is 12.1 Å². The number of benzene rings is 1. The van der Waals surface area contributed by atoms with Gasteiger partial charge in [0, 0.05) is 12.1 Å². The lowest BCUT2D eigenvalue weighted by Gasteiger charge is -2.08. The van der Waals surface area contributed by atoms with Crippen LogP contribution in [0.15, 0.2) is 16.7 Å². The summed E-state index contributed by atoms with van der Waals surface area (Å²) >= 11 is 0. The molecule has 2 rings (SSSR count). The molecule has 0 radical (unpaired) electrons. The van der Waals surface area contributed by atoms with Crippen LogP contribution >= 0.6 is 0 Å². The minimum atomic E-state index is -1.25. The highest BCUT2D eigenvalue weighted by molar-refractivity contribution is 5.72. The lowest BCUT2D eigenvalue weighted by Crippen LogP contribution is -1.94. The van der Waals surface area contributed by atoms with Crippen LogP contribution in [0.25, 0.3) is 11.3 Å². The molecule has 3 N–H and O–H groups in total. The first kappa shape index (κ1) is 11.2. The molecule has 0 aliphatic rings. The molecule has 0 aliphatic carbocycles. The summed E-state index contributed by atoms with van der Waals surface area (Å²) in [6.07, 6.45) is 0. The smallest absolute Gasteiger partial charge is 0.222 e. The molecule has 2 aromatic rings. The topological polar surface area (TPSA) is 81.5 Å². The van der Waals surface area contributed by atoms with Gasteiger partial charge in [0.1, 0.15) is 5.69 Å². The van der Waals surface area contributed by atoms with E-state index in [4.69, 9.17) is 10.5 Å². The minimum absolute atomic E-state index is 0.0815. The molecule has 0 amide bonds. The van der Waals surface area contributed by atoms with Gasteiger partial charge in [0.2, 0.25) is 5.88 Å². The van der Waals surface area contributed by atoms with Gasteiger partial charge in [-0.15, -0.1) is 0 Å². The van der Waals surface area contributed by atoms with E-state index in [-0.39, 0.29) is 17.3 Å². The third-order valence-electron chi connectivity index (χ3n) is 2.16. The zero-order chi connectivity index (χ0) is 12.6. The van der Waals surface area contributed by atoms with E-state index in [1.54, 1.807) is 0 Å². The number of nitrogens with zero attached hydrogens (tertiary/aromatic N) is 1. The number of halogens is 2. The Morgan fingerprint density at radius 1 is 1.41 bits per heavy atom. The fourth-order valence-electron chi connectivity index (χ4n) is 1.39. The molecule has 0 spiro atoms. The van der Waals surface area contributed by atoms with E-state index in [0.29, 0.717) is 0 Å². The fraction of sp³-hybridized carbons (Fsp3) is 0.100. The van der Waals surface area contributed by atoms with Crippen LogP contribution in [-0.4, -0.2) is 17.4 Å². The SMILES string of the molecule is COc1cc(F)c(F)c(-c2cc(N)on2)c1O. The van der Waals surface area contributed by atoms with Gasteiger partial charge in [0.05, 0.1) is 12.7 Å². The Kier molecular flexibility index (Phi) is 2.58. The average molecular weight is 242 g/mol. The molecule has 0 aliphatic heterocycles. The summed E-state index contributed by atoms with van der Waals surface area (Å²) in [5, 5.41) is 13.1. The van der Waals surface area contributed by atoms with Gasteiger partial charge in [-0.3, -0.25) is 0 Å². The van der Waals surface area contributed by atoms with Crippen LogP contribution in [-0.2, 0) is 0 Å². The number of aromatic nitrogens is 1. The van der Waals surface area contributed by atoms with Gasteiger partial charge in [0.15, 0.2) is 23.1 Å². The van der Waals surface area contributed by atoms with Crippen LogP contribution in [0.1, 0.15) is 0 Å². The summed E-state index contributed by atoms with van der Waals surface area (Å²) in [5.74, 6) is -3.28. The number of anilines is 1. The maximum atomic E-state index is 13.6. The second-order valence-corrected chi connectivity index (χ2v) is 3.21. The van der Waals surface area contributed by atoms with E-state index >= 15 is 0 Å². The predicted octanol–water partition coefficient (Wildman–Crippen LogP) is 1.92. The van der Waals surface area contributed by atoms with Crippen molar-refractivity contribution in [1.82, 2.24) is 5.16 Å². The van der Waals surface area contributed by atoms with Crippen LogP contribution in [0.3, 0.4) is 0 Å². The lowest BCUT2D eigenvalue weighted by molar-refractivity contribution is 0.365. The molecule has 0 saturated carbocycles. The van der Waals surface area contributed by atoms with Crippen molar-refractivity contribution in [2.45, 2.75) is 0 Å². The van der Waals surface area contributed by atoms with Gasteiger partial charge >= 0.3 is 0 Å². The van der Waals surface area contributed by atoms with Crippen molar-refractivity contribution in [2.75, 3.05) is 12.8 Å². The Morgan fingerprint density at radius 3 is 2.65 bits per heavy atom. The summed E-state index contributed by atoms with van der Waals surface area (Å²) in [4.78, 5) is 0. The summed E-state index contributed by atoms with van der Waals surface area (Å²) in [6.45, 7) is 0. The first-order valence-corrected chi connectivity index (χ1v) is 4.52. The van der Waals surface area contributed by atoms with E-state index in [1.807, 2.05) is 0 Å². The molecule has 0 saturated heterocycles. The predicted molar refractivity (Wildman–Crippen MR) is 54.5 cm³/mol. The number of methoxy groups -OCH3 is 1. The van der Waals surface area contributed by atoms with Crippen molar-refractivity contribution >= 4 is 5.88 Å². The number of nitrogen functional groups attached to an aromatic ring is 1. The van der Waals surface area contributed by atoms with Crippen LogP contribution in [0, 0.1) is 11.6 Å². The number of phenolic OH excluding ortho intramolecular Hbond substituents is 1. The number of ether oxygens (including phenoxy) is 1. The number of phenols is 1. The standard InChI is InChI=1S/C10H8F2N2O3/c1-16-6-2-4(11)9(12)8(10(6)15)5-3-7(13)17-14-5/h2-3,15H,13H2,1H3. The van der Waals surface area contributed by atoms with Gasteiger partial charge < -0.3 is 20.1 Å². The Morgan fingerprint density at radius 2 is 2.12 bits per heavy atom. The van der Waals surface area contributed by atoms with Crippen molar-refractivity contribution in [3.8, 4) is 22.8 Å². The third kappa shape index (κ3) is 1.75. The molecule has 1 heterocycles. The molecule has 1 aromatic carbocycles. The number of aromatic hydroxyl groups is 1. The number of nitrogens with two attached hydrogens (primary N) is 1. The largest absolute Gasteiger partial charge is 0.504 e. The number of rotatable bonds is 2. The van der Waals surface area contributed by atoms with E-state index in [9.17, 15) is 13.9 Å². The van der Waals surface area contributed by atoms with E-state index in [1.165, 1.54) is 7.11 Å². The Balaban J connectivity index is 2.71. The maximum absolute atomic E-state index is 13.6. The van der Waals surface area contributed by atoms with Crippen LogP contribution in [0.2, 0.25) is 0 Å². The monoisotopic (exact) mass is 242 g/mol. The van der Waals surface area contributed by atoms with Crippen molar-refractivity contribution in [3.05, 3.63) is 23.8 Å². The van der Waals surface area contributed by atoms with Gasteiger partial charge in [-0.1, -0.05) is 5.16 Å². The average Bonchev–Trinajstić information content (AvgIpc) is 2.70. The highest BCUT2D eigenvalue weighted by atomic mass is 19.2. The van der Waals surface area contributed by atoms with Gasteiger partial charge in [-0.2, -0.15) is 0 Å². The summed E-state index contributed by atoms with van der Waals surface area (Å²) in [5.41, 5.74) is 4.69. The normalized spacial score (nSPS) is 10.5. The Labute approximate surface area is 94.4 Å². The number of hydrogen-bond donors (Lipinski definition) is 2. The fourth-order valence-corrected chi connectivity index (χ4v) is 1.39. The van der Waals surface area contributed by atoms with Gasteiger partial charge in [0.25, 0.3) is 0 Å². The Bertz CT molecular complexity index is 569. The first-order valence-electron chi connectivity index (χ1n) is 4.52. The van der Waals surface area contributed by atoms with Crippen LogP contribution in [0.5, 0.6) is 11.5 Å². The second kappa shape index (κ2) is 3.93. The molecular weight excluding hydrogens is 234 g/mol. The molecular formula is C10H8F2N2O3. The molecule has 0 fully saturated rings. The van der Waals surface area contributed by atoms with Gasteiger partial charge in [-0.05, 0) is 0 Å².